The molecule has 39 heavy (non-hydrogen) atoms. The zero-order valence-electron chi connectivity index (χ0n) is 21.0. The molecule has 1 aliphatic rings. The van der Waals surface area contributed by atoms with Gasteiger partial charge in [0.1, 0.15) is 11.4 Å². The summed E-state index contributed by atoms with van der Waals surface area (Å²) in [7, 11) is 2.86. The number of aryl methyl sites for hydroxylation is 2. The predicted octanol–water partition coefficient (Wildman–Crippen LogP) is 3.15. The van der Waals surface area contributed by atoms with Crippen molar-refractivity contribution in [1.29, 1.82) is 0 Å². The molecule has 0 amide bonds. The van der Waals surface area contributed by atoms with E-state index in [1.54, 1.807) is 6.92 Å². The van der Waals surface area contributed by atoms with Crippen LogP contribution in [0, 0.1) is 5.82 Å². The van der Waals surface area contributed by atoms with Crippen molar-refractivity contribution in [3.8, 4) is 5.69 Å². The number of aromatic carboxylic acids is 1. The normalized spacial score (nSPS) is 17.1. The Bertz CT molecular complexity index is 1880. The zero-order valence-corrected chi connectivity index (χ0v) is 21.0. The van der Waals surface area contributed by atoms with Crippen LogP contribution in [0.3, 0.4) is 0 Å². The second-order valence-electron chi connectivity index (χ2n) is 9.55. The van der Waals surface area contributed by atoms with E-state index in [4.69, 9.17) is 0 Å². The molecule has 0 spiro atoms. The van der Waals surface area contributed by atoms with E-state index in [1.165, 1.54) is 41.4 Å². The number of benzene rings is 2. The van der Waals surface area contributed by atoms with E-state index in [9.17, 15) is 37.5 Å². The van der Waals surface area contributed by atoms with E-state index >= 15 is 4.39 Å². The second kappa shape index (κ2) is 8.55. The number of carbonyl (C=O) groups is 1. The largest absolute Gasteiger partial charge is 0.477 e. The Morgan fingerprint density at radius 1 is 1.05 bits per heavy atom. The highest BCUT2D eigenvalue weighted by Gasteiger charge is 2.46. The molecule has 1 aliphatic carbocycles. The molecule has 5 rings (SSSR count). The standard InChI is InChI=1S/C26H22F4N4O5/c1-4-25(9-8-13-15(25)6-5-7-16(13)26(28,29)30)34-21(35)14(22(36)37)12-33(24(34)39)18-11-20-19(10-17(18)27)31(2)23(38)32(20)3/h5-7,10-12H,4,8-9H2,1-3H3,(H,36,37)/t25-/m1/s1. The number of fused-ring (bicyclic) bond motifs is 2. The topological polar surface area (TPSA) is 108 Å². The van der Waals surface area contributed by atoms with Gasteiger partial charge in [-0.25, -0.2) is 23.3 Å². The number of imidazole rings is 1. The zero-order chi connectivity index (χ0) is 28.6. The number of hydrogen-bond donors (Lipinski definition) is 1. The van der Waals surface area contributed by atoms with Crippen LogP contribution >= 0.6 is 0 Å². The van der Waals surface area contributed by atoms with Crippen molar-refractivity contribution in [3.63, 3.8) is 0 Å². The van der Waals surface area contributed by atoms with Gasteiger partial charge >= 0.3 is 23.5 Å². The Morgan fingerprint density at radius 2 is 1.69 bits per heavy atom. The molecule has 1 atom stereocenters. The Kier molecular flexibility index (Phi) is 5.74. The minimum Gasteiger partial charge on any atom is -0.477 e. The van der Waals surface area contributed by atoms with Gasteiger partial charge in [-0.3, -0.25) is 18.5 Å². The number of alkyl halides is 3. The lowest BCUT2D eigenvalue weighted by Crippen LogP contribution is -2.52. The van der Waals surface area contributed by atoms with Gasteiger partial charge in [0.05, 0.1) is 27.8 Å². The average Bonchev–Trinajstić information content (AvgIpc) is 3.35. The van der Waals surface area contributed by atoms with Crippen LogP contribution in [0.5, 0.6) is 0 Å². The molecule has 0 unspecified atom stereocenters. The first-order chi connectivity index (χ1) is 18.2. The summed E-state index contributed by atoms with van der Waals surface area (Å²) >= 11 is 0. The van der Waals surface area contributed by atoms with Crippen molar-refractivity contribution < 1.29 is 27.5 Å². The number of rotatable bonds is 4. The highest BCUT2D eigenvalue weighted by molar-refractivity contribution is 5.87. The minimum absolute atomic E-state index is 0.0196. The van der Waals surface area contributed by atoms with Crippen molar-refractivity contribution in [2.45, 2.75) is 37.9 Å². The van der Waals surface area contributed by atoms with Crippen LogP contribution in [0.1, 0.15) is 46.8 Å². The van der Waals surface area contributed by atoms with Gasteiger partial charge < -0.3 is 5.11 Å². The summed E-state index contributed by atoms with van der Waals surface area (Å²) < 4.78 is 60.4. The summed E-state index contributed by atoms with van der Waals surface area (Å²) in [6.45, 7) is 1.57. The quantitative estimate of drug-likeness (QED) is 0.396. The third kappa shape index (κ3) is 3.59. The Balaban J connectivity index is 1.88. The fraction of sp³-hybridized carbons (Fsp3) is 0.308. The minimum atomic E-state index is -4.69. The molecule has 0 fully saturated rings. The van der Waals surface area contributed by atoms with Gasteiger partial charge in [0.25, 0.3) is 5.56 Å². The van der Waals surface area contributed by atoms with Crippen molar-refractivity contribution in [2.75, 3.05) is 0 Å². The van der Waals surface area contributed by atoms with Crippen LogP contribution in [0.25, 0.3) is 16.7 Å². The van der Waals surface area contributed by atoms with Gasteiger partial charge in [-0.2, -0.15) is 13.2 Å². The molecule has 0 saturated heterocycles. The molecule has 0 saturated carbocycles. The van der Waals surface area contributed by atoms with Crippen molar-refractivity contribution in [2.24, 2.45) is 14.1 Å². The van der Waals surface area contributed by atoms with Crippen molar-refractivity contribution in [1.82, 2.24) is 18.3 Å². The smallest absolute Gasteiger partial charge is 0.416 e. The van der Waals surface area contributed by atoms with E-state index in [0.717, 1.165) is 12.1 Å². The van der Waals surface area contributed by atoms with E-state index in [2.05, 4.69) is 0 Å². The maximum absolute atomic E-state index is 15.4. The summed E-state index contributed by atoms with van der Waals surface area (Å²) in [5.74, 6) is -2.69. The Hall–Kier alpha value is -4.42. The van der Waals surface area contributed by atoms with Gasteiger partial charge in [-0.05, 0) is 42.5 Å². The number of hydrogen-bond acceptors (Lipinski definition) is 4. The lowest BCUT2D eigenvalue weighted by Gasteiger charge is -2.32. The SMILES string of the molecule is CC[C@@]1(n2c(=O)c(C(=O)O)cn(-c3cc4c(cc3F)n(C)c(=O)n4C)c2=O)CCc2c(C(F)(F)F)cccc21. The van der Waals surface area contributed by atoms with Gasteiger partial charge in [0, 0.05) is 26.4 Å². The lowest BCUT2D eigenvalue weighted by molar-refractivity contribution is -0.138. The first-order valence-electron chi connectivity index (χ1n) is 11.9. The van der Waals surface area contributed by atoms with Gasteiger partial charge in [-0.1, -0.05) is 19.1 Å². The molecule has 9 nitrogen and oxygen atoms in total. The fourth-order valence-electron chi connectivity index (χ4n) is 5.73. The molecular formula is C26H22F4N4O5. The third-order valence-corrected chi connectivity index (χ3v) is 7.70. The molecular weight excluding hydrogens is 524 g/mol. The van der Waals surface area contributed by atoms with Gasteiger partial charge in [0.2, 0.25) is 0 Å². The summed E-state index contributed by atoms with van der Waals surface area (Å²) in [6, 6.07) is 5.65. The molecule has 1 N–H and O–H groups in total. The van der Waals surface area contributed by atoms with Crippen LogP contribution in [-0.2, 0) is 32.2 Å². The second-order valence-corrected chi connectivity index (χ2v) is 9.55. The first kappa shape index (κ1) is 26.2. The Morgan fingerprint density at radius 3 is 2.28 bits per heavy atom. The van der Waals surface area contributed by atoms with E-state index in [0.29, 0.717) is 15.3 Å². The van der Waals surface area contributed by atoms with Crippen LogP contribution < -0.4 is 16.9 Å². The number of halogens is 4. The highest BCUT2D eigenvalue weighted by atomic mass is 19.4. The first-order valence-corrected chi connectivity index (χ1v) is 11.9. The number of carboxylic acid groups (broad SMARTS) is 1. The summed E-state index contributed by atoms with van der Waals surface area (Å²) in [5.41, 5.74) is -6.21. The maximum atomic E-state index is 15.4. The summed E-state index contributed by atoms with van der Waals surface area (Å²) in [5, 5.41) is 9.80. The van der Waals surface area contributed by atoms with Crippen LogP contribution in [0.2, 0.25) is 0 Å². The van der Waals surface area contributed by atoms with Crippen molar-refractivity contribution in [3.05, 3.63) is 95.9 Å². The maximum Gasteiger partial charge on any atom is 0.416 e. The van der Waals surface area contributed by atoms with Gasteiger partial charge in [0.15, 0.2) is 0 Å². The molecule has 2 heterocycles. The summed E-state index contributed by atoms with van der Waals surface area (Å²) in [4.78, 5) is 51.8. The van der Waals surface area contributed by atoms with Crippen LogP contribution in [0.4, 0.5) is 17.6 Å². The monoisotopic (exact) mass is 546 g/mol. The Labute approximate surface area is 216 Å². The lowest BCUT2D eigenvalue weighted by atomic mass is 9.87. The van der Waals surface area contributed by atoms with Crippen LogP contribution in [-0.4, -0.2) is 29.3 Å². The average molecular weight is 546 g/mol. The number of nitrogens with zero attached hydrogens (tertiary/aromatic N) is 4. The third-order valence-electron chi connectivity index (χ3n) is 7.70. The van der Waals surface area contributed by atoms with E-state index in [-0.39, 0.29) is 41.4 Å². The van der Waals surface area contributed by atoms with Crippen LogP contribution in [0.15, 0.2) is 50.9 Å². The van der Waals surface area contributed by atoms with E-state index < -0.39 is 57.3 Å². The molecule has 13 heteroatoms. The molecule has 0 radical (unpaired) electrons. The number of carboxylic acids is 1. The fourth-order valence-corrected chi connectivity index (χ4v) is 5.73. The molecule has 0 bridgehead atoms. The predicted molar refractivity (Wildman–Crippen MR) is 132 cm³/mol. The molecule has 2 aromatic heterocycles. The summed E-state index contributed by atoms with van der Waals surface area (Å²) in [6.07, 6.45) is -4.21. The molecule has 0 aliphatic heterocycles. The van der Waals surface area contributed by atoms with Crippen molar-refractivity contribution >= 4 is 17.0 Å². The van der Waals surface area contributed by atoms with E-state index in [1.807, 2.05) is 0 Å². The molecule has 204 valence electrons. The highest BCUT2D eigenvalue weighted by Crippen LogP contribution is 2.46. The van der Waals surface area contributed by atoms with Gasteiger partial charge in [-0.15, -0.1) is 0 Å². The number of aromatic nitrogens is 4. The molecule has 4 aromatic rings. The molecule has 2 aromatic carbocycles.